The summed E-state index contributed by atoms with van der Waals surface area (Å²) in [6.45, 7) is 0. The fourth-order valence-corrected chi connectivity index (χ4v) is 0.974. The van der Waals surface area contributed by atoms with Gasteiger partial charge in [0.15, 0.2) is 0 Å². The maximum Gasteiger partial charge on any atom is 0.540 e. The first-order valence-corrected chi connectivity index (χ1v) is 4.72. The molecule has 1 aromatic rings. The average molecular weight is 290 g/mol. The van der Waals surface area contributed by atoms with Gasteiger partial charge in [-0.15, -0.1) is 8.78 Å². The first kappa shape index (κ1) is 15.6. The molecule has 0 saturated carbocycles. The molecule has 3 nitrogen and oxygen atoms in total. The maximum absolute atomic E-state index is 13.0. The zero-order valence-corrected chi connectivity index (χ0v) is 9.38. The van der Waals surface area contributed by atoms with Crippen LogP contribution in [-0.4, -0.2) is 25.6 Å². The summed E-state index contributed by atoms with van der Waals surface area (Å²) in [7, 11) is 0.216. The van der Waals surface area contributed by atoms with E-state index in [-0.39, 0.29) is 7.11 Å². The minimum absolute atomic E-state index is 0.216. The van der Waals surface area contributed by atoms with Crippen LogP contribution < -0.4 is 4.74 Å². The molecular weight excluding hydrogens is 282 g/mol. The van der Waals surface area contributed by atoms with Crippen molar-refractivity contribution in [1.82, 2.24) is 0 Å². The van der Waals surface area contributed by atoms with Crippen LogP contribution in [0.5, 0.6) is 5.75 Å². The largest absolute Gasteiger partial charge is 0.540 e. The summed E-state index contributed by atoms with van der Waals surface area (Å²) in [6.07, 6.45) is -15.8. The molecule has 0 bridgehead atoms. The Morgan fingerprint density at radius 1 is 0.842 bits per heavy atom. The molecule has 19 heavy (non-hydrogen) atoms. The quantitative estimate of drug-likeness (QED) is 0.593. The zero-order chi connectivity index (χ0) is 14.7. The van der Waals surface area contributed by atoms with Crippen LogP contribution in [-0.2, 0) is 9.47 Å². The number of ether oxygens (including phenoxy) is 3. The highest BCUT2D eigenvalue weighted by atomic mass is 19.3. The Morgan fingerprint density at radius 2 is 1.37 bits per heavy atom. The van der Waals surface area contributed by atoms with Crippen molar-refractivity contribution in [2.75, 3.05) is 7.11 Å². The molecule has 0 fully saturated rings. The predicted molar refractivity (Wildman–Crippen MR) is 50.0 cm³/mol. The van der Waals surface area contributed by atoms with Crippen molar-refractivity contribution in [2.45, 2.75) is 18.5 Å². The highest BCUT2D eigenvalue weighted by molar-refractivity contribution is 5.21. The van der Waals surface area contributed by atoms with Crippen LogP contribution in [0.2, 0.25) is 0 Å². The van der Waals surface area contributed by atoms with E-state index in [9.17, 15) is 26.3 Å². The Morgan fingerprint density at radius 3 is 1.84 bits per heavy atom. The minimum atomic E-state index is -5.57. The van der Waals surface area contributed by atoms with E-state index >= 15 is 0 Å². The number of benzene rings is 1. The van der Waals surface area contributed by atoms with Gasteiger partial charge in [-0.1, -0.05) is 18.2 Å². The molecule has 1 aromatic carbocycles. The number of hydrogen-bond acceptors (Lipinski definition) is 3. The molecule has 0 saturated heterocycles. The van der Waals surface area contributed by atoms with E-state index in [1.807, 2.05) is 0 Å². The molecule has 0 amide bonds. The van der Waals surface area contributed by atoms with E-state index < -0.39 is 24.3 Å². The third-order valence-corrected chi connectivity index (χ3v) is 1.82. The van der Waals surface area contributed by atoms with Crippen LogP contribution in [0.4, 0.5) is 26.3 Å². The van der Waals surface area contributed by atoms with Gasteiger partial charge >= 0.3 is 18.5 Å². The van der Waals surface area contributed by atoms with Crippen molar-refractivity contribution in [3.63, 3.8) is 0 Å². The summed E-state index contributed by atoms with van der Waals surface area (Å²) in [5, 5.41) is 0. The van der Waals surface area contributed by atoms with Crippen molar-refractivity contribution in [3.8, 4) is 5.75 Å². The molecule has 0 radical (unpaired) electrons. The van der Waals surface area contributed by atoms with Crippen LogP contribution in [0, 0.1) is 0 Å². The third kappa shape index (κ3) is 4.00. The second kappa shape index (κ2) is 5.25. The van der Waals surface area contributed by atoms with Gasteiger partial charge in [-0.3, -0.25) is 0 Å². The van der Waals surface area contributed by atoms with Gasteiger partial charge in [-0.2, -0.15) is 17.6 Å². The van der Waals surface area contributed by atoms with Crippen LogP contribution in [0.15, 0.2) is 30.3 Å². The average Bonchev–Trinajstić information content (AvgIpc) is 2.27. The summed E-state index contributed by atoms with van der Waals surface area (Å²) >= 11 is 0. The Kier molecular flexibility index (Phi) is 4.31. The lowest BCUT2D eigenvalue weighted by atomic mass is 10.3. The summed E-state index contributed by atoms with van der Waals surface area (Å²) < 4.78 is 86.0. The second-order valence-electron chi connectivity index (χ2n) is 3.22. The normalized spacial score (nSPS) is 13.4. The molecule has 0 aliphatic heterocycles. The lowest BCUT2D eigenvalue weighted by Crippen LogP contribution is -2.49. The van der Waals surface area contributed by atoms with Crippen LogP contribution in [0.1, 0.15) is 0 Å². The molecule has 0 N–H and O–H groups in total. The standard InChI is InChI=1S/C10H8F6O3/c1-17-8(11,12)9(13,14)19-10(15,16)18-7-5-3-2-4-6-7/h2-6H,1H3. The first-order valence-electron chi connectivity index (χ1n) is 4.72. The van der Waals surface area contributed by atoms with Crippen LogP contribution in [0.3, 0.4) is 0 Å². The topological polar surface area (TPSA) is 27.7 Å². The van der Waals surface area contributed by atoms with Gasteiger partial charge in [0.2, 0.25) is 0 Å². The highest BCUT2D eigenvalue weighted by Crippen LogP contribution is 2.40. The minimum Gasteiger partial charge on any atom is -0.409 e. The van der Waals surface area contributed by atoms with Crippen molar-refractivity contribution in [1.29, 1.82) is 0 Å². The molecule has 0 aliphatic carbocycles. The van der Waals surface area contributed by atoms with E-state index in [0.717, 1.165) is 12.1 Å². The number of alkyl halides is 6. The zero-order valence-electron chi connectivity index (χ0n) is 9.38. The number of halogens is 6. The fourth-order valence-electron chi connectivity index (χ4n) is 0.974. The number of methoxy groups -OCH3 is 1. The summed E-state index contributed by atoms with van der Waals surface area (Å²) in [4.78, 5) is 0. The van der Waals surface area contributed by atoms with E-state index in [1.165, 1.54) is 18.2 Å². The Balaban J connectivity index is 2.79. The van der Waals surface area contributed by atoms with Gasteiger partial charge in [0.05, 0.1) is 0 Å². The van der Waals surface area contributed by atoms with Gasteiger partial charge in [0.25, 0.3) is 0 Å². The van der Waals surface area contributed by atoms with Gasteiger partial charge in [-0.25, -0.2) is 4.74 Å². The molecule has 0 aromatic heterocycles. The SMILES string of the molecule is COC(F)(F)C(F)(F)OC(F)(F)Oc1ccccc1. The van der Waals surface area contributed by atoms with E-state index in [4.69, 9.17) is 0 Å². The Hall–Kier alpha value is -1.48. The molecule has 0 atom stereocenters. The lowest BCUT2D eigenvalue weighted by Gasteiger charge is -2.27. The number of rotatable bonds is 6. The highest BCUT2D eigenvalue weighted by Gasteiger charge is 2.64. The molecule has 1 rings (SSSR count). The number of para-hydroxylation sites is 1. The smallest absolute Gasteiger partial charge is 0.409 e. The van der Waals surface area contributed by atoms with Crippen molar-refractivity contribution in [2.24, 2.45) is 0 Å². The van der Waals surface area contributed by atoms with Gasteiger partial charge in [0, 0.05) is 7.11 Å². The summed E-state index contributed by atoms with van der Waals surface area (Å²) in [6, 6.07) is 5.99. The summed E-state index contributed by atoms with van der Waals surface area (Å²) in [5.41, 5.74) is 0. The van der Waals surface area contributed by atoms with Gasteiger partial charge < -0.3 is 9.47 Å². The Labute approximate surface area is 103 Å². The predicted octanol–water partition coefficient (Wildman–Crippen LogP) is 3.46. The molecule has 0 aliphatic rings. The fraction of sp³-hybridized carbons (Fsp3) is 0.400. The van der Waals surface area contributed by atoms with Crippen molar-refractivity contribution in [3.05, 3.63) is 30.3 Å². The molecule has 0 spiro atoms. The van der Waals surface area contributed by atoms with E-state index in [0.29, 0.717) is 0 Å². The van der Waals surface area contributed by atoms with Gasteiger partial charge in [-0.05, 0) is 12.1 Å². The monoisotopic (exact) mass is 290 g/mol. The van der Waals surface area contributed by atoms with Crippen LogP contribution >= 0.6 is 0 Å². The molecular formula is C10H8F6O3. The molecule has 9 heteroatoms. The molecule has 0 heterocycles. The first-order chi connectivity index (χ1) is 8.60. The third-order valence-electron chi connectivity index (χ3n) is 1.82. The molecule has 108 valence electrons. The summed E-state index contributed by atoms with van der Waals surface area (Å²) in [5.74, 6) is -0.538. The van der Waals surface area contributed by atoms with Gasteiger partial charge in [0.1, 0.15) is 5.75 Å². The molecule has 0 unspecified atom stereocenters. The lowest BCUT2D eigenvalue weighted by molar-refractivity contribution is -0.510. The van der Waals surface area contributed by atoms with Crippen LogP contribution in [0.25, 0.3) is 0 Å². The maximum atomic E-state index is 13.0. The number of hydrogen-bond donors (Lipinski definition) is 0. The van der Waals surface area contributed by atoms with E-state index in [2.05, 4.69) is 14.2 Å². The second-order valence-corrected chi connectivity index (χ2v) is 3.22. The van der Waals surface area contributed by atoms with Crippen molar-refractivity contribution < 1.29 is 40.6 Å². The Bertz CT molecular complexity index is 409. The van der Waals surface area contributed by atoms with Crippen molar-refractivity contribution >= 4 is 0 Å². The van der Waals surface area contributed by atoms with E-state index in [1.54, 1.807) is 0 Å².